The maximum Gasteiger partial charge on any atom is 0.193 e. The van der Waals surface area contributed by atoms with Crippen molar-refractivity contribution in [2.45, 2.75) is 9.92 Å². The molecule has 18 heavy (non-hydrogen) atoms. The molecule has 0 saturated heterocycles. The number of fused-ring (bicyclic) bond motifs is 1. The van der Waals surface area contributed by atoms with Gasteiger partial charge in [0, 0.05) is 11.6 Å². The summed E-state index contributed by atoms with van der Waals surface area (Å²) < 4.78 is 24.7. The highest BCUT2D eigenvalue weighted by Crippen LogP contribution is 2.24. The number of nitrogens with zero attached hydrogens (tertiary/aromatic N) is 3. The number of sulfone groups is 1. The van der Waals surface area contributed by atoms with Crippen LogP contribution in [0.2, 0.25) is 0 Å². The fourth-order valence-corrected chi connectivity index (χ4v) is 2.91. The second-order valence-electron chi connectivity index (χ2n) is 3.59. The van der Waals surface area contributed by atoms with Gasteiger partial charge in [-0.1, -0.05) is 18.2 Å². The van der Waals surface area contributed by atoms with Crippen LogP contribution in [-0.4, -0.2) is 28.8 Å². The molecule has 1 N–H and O–H groups in total. The van der Waals surface area contributed by atoms with Crippen LogP contribution < -0.4 is 0 Å². The Morgan fingerprint density at radius 3 is 2.78 bits per heavy atom. The summed E-state index contributed by atoms with van der Waals surface area (Å²) in [5.74, 6) is 0. The summed E-state index contributed by atoms with van der Waals surface area (Å²) in [4.78, 5) is 4.22. The minimum atomic E-state index is -3.72. The highest BCUT2D eigenvalue weighted by Gasteiger charge is 2.17. The van der Waals surface area contributed by atoms with Gasteiger partial charge in [-0.25, -0.2) is 8.42 Å². The molecule has 0 bridgehead atoms. The molecule has 3 rings (SSSR count). The van der Waals surface area contributed by atoms with Crippen LogP contribution in [0.15, 0.2) is 46.5 Å². The van der Waals surface area contributed by atoms with E-state index in [9.17, 15) is 8.42 Å². The van der Waals surface area contributed by atoms with E-state index in [4.69, 9.17) is 0 Å². The molecule has 7 heteroatoms. The van der Waals surface area contributed by atoms with Crippen LogP contribution >= 0.6 is 0 Å². The molecule has 0 fully saturated rings. The van der Waals surface area contributed by atoms with Gasteiger partial charge in [-0.05, 0) is 17.2 Å². The predicted octanol–water partition coefficient (Wildman–Crippen LogP) is 0.986. The third-order valence-corrected chi connectivity index (χ3v) is 4.14. The van der Waals surface area contributed by atoms with E-state index in [0.717, 1.165) is 5.39 Å². The van der Waals surface area contributed by atoms with Gasteiger partial charge in [-0.15, -0.1) is 5.21 Å². The Morgan fingerprint density at radius 1 is 1.17 bits per heavy atom. The minimum Gasteiger partial charge on any atom is -0.351 e. The van der Waals surface area contributed by atoms with Crippen molar-refractivity contribution in [2.75, 3.05) is 0 Å². The average Bonchev–Trinajstić information content (AvgIpc) is 2.92. The number of nitrogens with one attached hydrogen (secondary N) is 1. The lowest BCUT2D eigenvalue weighted by molar-refractivity contribution is 0.592. The van der Waals surface area contributed by atoms with Crippen molar-refractivity contribution in [3.63, 3.8) is 0 Å². The second-order valence-corrected chi connectivity index (χ2v) is 5.44. The predicted molar refractivity (Wildman–Crippen MR) is 62.4 cm³/mol. The highest BCUT2D eigenvalue weighted by molar-refractivity contribution is 7.91. The number of pyridine rings is 1. The fraction of sp³-hybridized carbons (Fsp3) is 0. The molecule has 3 aromatic rings. The number of hydrogen-bond donors (Lipinski definition) is 1. The Morgan fingerprint density at radius 2 is 2.00 bits per heavy atom. The monoisotopic (exact) mass is 259 g/mol. The van der Waals surface area contributed by atoms with E-state index < -0.39 is 9.84 Å². The number of para-hydroxylation sites is 1. The molecule has 0 unspecified atom stereocenters. The second kappa shape index (κ2) is 3.88. The van der Waals surface area contributed by atoms with Crippen molar-refractivity contribution in [1.29, 1.82) is 0 Å². The summed E-state index contributed by atoms with van der Waals surface area (Å²) in [6.45, 7) is 0. The molecule has 0 aliphatic carbocycles. The Kier molecular flexibility index (Phi) is 2.34. The normalized spacial score (nSPS) is 11.8. The molecule has 1 aromatic carbocycles. The number of aromatic nitrogens is 4. The molecule has 6 nitrogen and oxygen atoms in total. The number of hydrogen-bond acceptors (Lipinski definition) is 5. The quantitative estimate of drug-likeness (QED) is 0.693. The lowest BCUT2D eigenvalue weighted by Gasteiger charge is -2.08. The Labute approximate surface area is 103 Å². The van der Waals surface area contributed by atoms with Crippen molar-refractivity contribution in [3.8, 4) is 0 Å². The SMILES string of the molecule is O=S(=O)(c1[c-]nn[nH]1)c1cccc2cccnc12. The molecule has 0 spiro atoms. The van der Waals surface area contributed by atoms with Gasteiger partial charge in [0.15, 0.2) is 9.84 Å². The van der Waals surface area contributed by atoms with Gasteiger partial charge in [-0.2, -0.15) is 0 Å². The maximum absolute atomic E-state index is 12.3. The van der Waals surface area contributed by atoms with E-state index >= 15 is 0 Å². The molecule has 0 radical (unpaired) electrons. The van der Waals surface area contributed by atoms with Crippen LogP contribution in [0, 0.1) is 6.20 Å². The van der Waals surface area contributed by atoms with Crippen LogP contribution in [0.25, 0.3) is 10.9 Å². The zero-order chi connectivity index (χ0) is 12.6. The van der Waals surface area contributed by atoms with E-state index in [1.807, 2.05) is 0 Å². The first kappa shape index (κ1) is 10.8. The summed E-state index contributed by atoms with van der Waals surface area (Å²) in [6.07, 6.45) is 3.86. The van der Waals surface area contributed by atoms with E-state index in [-0.39, 0.29) is 9.92 Å². The van der Waals surface area contributed by atoms with Crippen LogP contribution in [0.3, 0.4) is 0 Å². The van der Waals surface area contributed by atoms with Crippen LogP contribution in [-0.2, 0) is 9.84 Å². The molecule has 0 saturated carbocycles. The van der Waals surface area contributed by atoms with Gasteiger partial charge in [0.2, 0.25) is 0 Å². The molecular weight excluding hydrogens is 252 g/mol. The first-order chi connectivity index (χ1) is 8.69. The van der Waals surface area contributed by atoms with Crippen molar-refractivity contribution in [1.82, 2.24) is 20.4 Å². The van der Waals surface area contributed by atoms with Gasteiger partial charge in [0.1, 0.15) is 0 Å². The molecule has 90 valence electrons. The van der Waals surface area contributed by atoms with E-state index in [1.165, 1.54) is 6.07 Å². The number of aromatic amines is 1. The Hall–Kier alpha value is -2.28. The summed E-state index contributed by atoms with van der Waals surface area (Å²) in [5.41, 5.74) is 0.419. The molecular formula is C11H7N4O2S-. The number of rotatable bonds is 2. The third kappa shape index (κ3) is 1.56. The zero-order valence-electron chi connectivity index (χ0n) is 9.03. The molecule has 0 amide bonds. The van der Waals surface area contributed by atoms with Crippen molar-refractivity contribution >= 4 is 20.7 Å². The van der Waals surface area contributed by atoms with Gasteiger partial charge in [0.25, 0.3) is 0 Å². The zero-order valence-corrected chi connectivity index (χ0v) is 9.85. The largest absolute Gasteiger partial charge is 0.351 e. The maximum atomic E-state index is 12.3. The van der Waals surface area contributed by atoms with Crippen LogP contribution in [0.4, 0.5) is 0 Å². The van der Waals surface area contributed by atoms with Gasteiger partial charge < -0.3 is 11.3 Å². The standard InChI is InChI=1S/C11H7N4O2S/c16-18(17,10-7-13-15-14-10)9-5-1-3-8-4-2-6-12-11(8)9/h1-6H,(H,13,14,15)/q-1. The van der Waals surface area contributed by atoms with Crippen LogP contribution in [0.1, 0.15) is 0 Å². The minimum absolute atomic E-state index is 0.114. The molecule has 2 heterocycles. The first-order valence-corrected chi connectivity index (χ1v) is 6.55. The van der Waals surface area contributed by atoms with E-state index in [2.05, 4.69) is 26.6 Å². The molecule has 0 atom stereocenters. The molecule has 0 aliphatic rings. The fourth-order valence-electron chi connectivity index (χ4n) is 1.69. The first-order valence-electron chi connectivity index (χ1n) is 5.07. The Balaban J connectivity index is 2.34. The number of benzene rings is 1. The van der Waals surface area contributed by atoms with E-state index in [0.29, 0.717) is 5.52 Å². The molecule has 2 aromatic heterocycles. The average molecular weight is 259 g/mol. The Bertz CT molecular complexity index is 792. The summed E-state index contributed by atoms with van der Waals surface area (Å²) >= 11 is 0. The van der Waals surface area contributed by atoms with Crippen molar-refractivity contribution < 1.29 is 8.42 Å². The summed E-state index contributed by atoms with van der Waals surface area (Å²) in [7, 11) is -3.72. The lowest BCUT2D eigenvalue weighted by Crippen LogP contribution is -2.04. The van der Waals surface area contributed by atoms with E-state index in [1.54, 1.807) is 30.5 Å². The number of H-pyrrole nitrogens is 1. The highest BCUT2D eigenvalue weighted by atomic mass is 32.2. The van der Waals surface area contributed by atoms with Gasteiger partial charge in [0.05, 0.1) is 10.4 Å². The van der Waals surface area contributed by atoms with Gasteiger partial charge in [-0.3, -0.25) is 10.1 Å². The van der Waals surface area contributed by atoms with Crippen LogP contribution in [0.5, 0.6) is 0 Å². The van der Waals surface area contributed by atoms with Gasteiger partial charge >= 0.3 is 0 Å². The lowest BCUT2D eigenvalue weighted by atomic mass is 10.2. The third-order valence-electron chi connectivity index (χ3n) is 2.51. The molecule has 0 aliphatic heterocycles. The summed E-state index contributed by atoms with van der Waals surface area (Å²) in [5, 5.41) is 9.63. The summed E-state index contributed by atoms with van der Waals surface area (Å²) in [6, 6.07) is 8.52. The smallest absolute Gasteiger partial charge is 0.193 e. The topological polar surface area (TPSA) is 88.6 Å². The van der Waals surface area contributed by atoms with Crippen molar-refractivity contribution in [2.24, 2.45) is 0 Å². The van der Waals surface area contributed by atoms with Crippen molar-refractivity contribution in [3.05, 3.63) is 42.7 Å².